The second-order valence-corrected chi connectivity index (χ2v) is 3.97. The van der Waals surface area contributed by atoms with E-state index in [9.17, 15) is 4.79 Å². The topological polar surface area (TPSA) is 38.8 Å². The van der Waals surface area contributed by atoms with E-state index in [1.165, 1.54) is 6.08 Å². The van der Waals surface area contributed by atoms with Gasteiger partial charge in [0.05, 0.1) is 6.10 Å². The summed E-state index contributed by atoms with van der Waals surface area (Å²) < 4.78 is 10.8. The van der Waals surface area contributed by atoms with E-state index in [1.54, 1.807) is 6.08 Å². The van der Waals surface area contributed by atoms with E-state index in [2.05, 4.69) is 6.92 Å². The molecule has 3 heteroatoms. The van der Waals surface area contributed by atoms with E-state index in [0.717, 1.165) is 19.3 Å². The Labute approximate surface area is 89.8 Å². The lowest BCUT2D eigenvalue weighted by Crippen LogP contribution is -2.19. The molecule has 0 radical (unpaired) electrons. The minimum absolute atomic E-state index is 0.00801. The smallest absolute Gasteiger partial charge is 0.331 e. The van der Waals surface area contributed by atoms with Crippen LogP contribution >= 0.6 is 0 Å². The van der Waals surface area contributed by atoms with Gasteiger partial charge in [-0.2, -0.15) is 0 Å². The number of esters is 1. The second-order valence-electron chi connectivity index (χ2n) is 3.97. The van der Waals surface area contributed by atoms with Crippen LogP contribution in [-0.4, -0.2) is 24.3 Å². The lowest BCUT2D eigenvalue weighted by molar-refractivity contribution is -0.143. The maximum absolute atomic E-state index is 11.3. The van der Waals surface area contributed by atoms with E-state index in [1.807, 2.05) is 12.2 Å². The largest absolute Gasteiger partial charge is 0.459 e. The summed E-state index contributed by atoms with van der Waals surface area (Å²) in [6, 6.07) is 0. The van der Waals surface area contributed by atoms with Crippen LogP contribution in [0.2, 0.25) is 0 Å². The van der Waals surface area contributed by atoms with E-state index in [0.29, 0.717) is 0 Å². The van der Waals surface area contributed by atoms with Crippen molar-refractivity contribution in [1.29, 1.82) is 0 Å². The van der Waals surface area contributed by atoms with Gasteiger partial charge in [0.2, 0.25) is 0 Å². The first-order valence-corrected chi connectivity index (χ1v) is 5.50. The van der Waals surface area contributed by atoms with Gasteiger partial charge in [-0.25, -0.2) is 4.79 Å². The Kier molecular flexibility index (Phi) is 3.21. The number of carbonyl (C=O) groups excluding carboxylic acids is 1. The molecule has 1 saturated heterocycles. The fraction of sp³-hybridized carbons (Fsp3) is 0.583. The first-order valence-electron chi connectivity index (χ1n) is 5.50. The third-order valence-electron chi connectivity index (χ3n) is 2.65. The van der Waals surface area contributed by atoms with Crippen molar-refractivity contribution in [1.82, 2.24) is 0 Å². The molecule has 2 heterocycles. The molecular weight excluding hydrogens is 192 g/mol. The Hall–Kier alpha value is -1.09. The number of allylic oxidation sites excluding steroid dienone is 2. The highest BCUT2D eigenvalue weighted by Crippen LogP contribution is 2.30. The fourth-order valence-electron chi connectivity index (χ4n) is 1.83. The Bertz CT molecular complexity index is 293. The molecule has 2 aliphatic rings. The number of hydrogen-bond acceptors (Lipinski definition) is 3. The average molecular weight is 208 g/mol. The van der Waals surface area contributed by atoms with Crippen molar-refractivity contribution in [3.05, 3.63) is 24.3 Å². The van der Waals surface area contributed by atoms with Gasteiger partial charge >= 0.3 is 5.97 Å². The number of hydrogen-bond donors (Lipinski definition) is 0. The summed E-state index contributed by atoms with van der Waals surface area (Å²) in [4.78, 5) is 11.3. The van der Waals surface area contributed by atoms with Crippen LogP contribution in [0, 0.1) is 0 Å². The van der Waals surface area contributed by atoms with Crippen LogP contribution in [0.4, 0.5) is 0 Å². The predicted octanol–water partition coefficient (Wildman–Crippen LogP) is 1.98. The van der Waals surface area contributed by atoms with Gasteiger partial charge in [0.1, 0.15) is 12.2 Å². The number of ether oxygens (including phenoxy) is 2. The van der Waals surface area contributed by atoms with Crippen molar-refractivity contribution in [2.75, 3.05) is 0 Å². The molecule has 2 aliphatic heterocycles. The summed E-state index contributed by atoms with van der Waals surface area (Å²) in [5.74, 6) is -0.253. The Balaban J connectivity index is 2.00. The summed E-state index contributed by atoms with van der Waals surface area (Å²) in [5.41, 5.74) is 0. The van der Waals surface area contributed by atoms with Gasteiger partial charge in [-0.3, -0.25) is 0 Å². The maximum Gasteiger partial charge on any atom is 0.331 e. The predicted molar refractivity (Wildman–Crippen MR) is 56.3 cm³/mol. The number of rotatable bonds is 2. The SMILES string of the molecule is CCCC1CC2OC2/C=C\C=C/C(=O)O1. The quantitative estimate of drug-likeness (QED) is 0.514. The molecule has 2 rings (SSSR count). The number of cyclic esters (lactones) is 1. The maximum atomic E-state index is 11.3. The monoisotopic (exact) mass is 208 g/mol. The summed E-state index contributed by atoms with van der Waals surface area (Å²) >= 11 is 0. The van der Waals surface area contributed by atoms with Crippen LogP contribution in [0.25, 0.3) is 0 Å². The second kappa shape index (κ2) is 4.62. The zero-order valence-electron chi connectivity index (χ0n) is 8.89. The van der Waals surface area contributed by atoms with Crippen LogP contribution in [0.5, 0.6) is 0 Å². The lowest BCUT2D eigenvalue weighted by atomic mass is 10.1. The molecule has 0 N–H and O–H groups in total. The van der Waals surface area contributed by atoms with Gasteiger partial charge in [-0.05, 0) is 6.42 Å². The summed E-state index contributed by atoms with van der Waals surface area (Å²) in [5, 5.41) is 0. The third kappa shape index (κ3) is 2.93. The number of fused-ring (bicyclic) bond motifs is 1. The average Bonchev–Trinajstić information content (AvgIpc) is 2.92. The summed E-state index contributed by atoms with van der Waals surface area (Å²) in [7, 11) is 0. The molecule has 0 saturated carbocycles. The standard InChI is InChI=1S/C12H16O3/c1-2-5-9-8-11-10(15-11)6-3-4-7-12(13)14-9/h3-4,6-7,9-11H,2,5,8H2,1H3/b6-3-,7-4-. The van der Waals surface area contributed by atoms with Crippen molar-refractivity contribution in [2.24, 2.45) is 0 Å². The molecule has 82 valence electrons. The van der Waals surface area contributed by atoms with E-state index in [-0.39, 0.29) is 24.3 Å². The molecule has 0 aromatic carbocycles. The van der Waals surface area contributed by atoms with Crippen molar-refractivity contribution in [2.45, 2.75) is 44.5 Å². The molecule has 15 heavy (non-hydrogen) atoms. The number of epoxide rings is 1. The van der Waals surface area contributed by atoms with E-state index >= 15 is 0 Å². The van der Waals surface area contributed by atoms with Gasteiger partial charge in [-0.1, -0.05) is 31.6 Å². The molecule has 3 nitrogen and oxygen atoms in total. The van der Waals surface area contributed by atoms with Gasteiger partial charge < -0.3 is 9.47 Å². The fourth-order valence-corrected chi connectivity index (χ4v) is 1.83. The van der Waals surface area contributed by atoms with Crippen LogP contribution in [0.1, 0.15) is 26.2 Å². The summed E-state index contributed by atoms with van der Waals surface area (Å²) in [6.45, 7) is 2.09. The zero-order chi connectivity index (χ0) is 10.7. The molecule has 0 aliphatic carbocycles. The molecule has 0 spiro atoms. The first-order chi connectivity index (χ1) is 7.29. The van der Waals surface area contributed by atoms with E-state index < -0.39 is 0 Å². The molecule has 0 amide bonds. The zero-order valence-corrected chi connectivity index (χ0v) is 8.89. The Morgan fingerprint density at radius 3 is 3.13 bits per heavy atom. The normalized spacial score (nSPS) is 38.7. The molecule has 0 aromatic rings. The minimum Gasteiger partial charge on any atom is -0.459 e. The van der Waals surface area contributed by atoms with Crippen LogP contribution in [-0.2, 0) is 14.3 Å². The molecule has 0 bridgehead atoms. The molecule has 3 atom stereocenters. The van der Waals surface area contributed by atoms with Gasteiger partial charge in [0, 0.05) is 12.5 Å². The van der Waals surface area contributed by atoms with Crippen LogP contribution in [0.15, 0.2) is 24.3 Å². The Morgan fingerprint density at radius 1 is 1.47 bits per heavy atom. The van der Waals surface area contributed by atoms with Gasteiger partial charge in [-0.15, -0.1) is 0 Å². The highest BCUT2D eigenvalue weighted by atomic mass is 16.6. The molecule has 0 aromatic heterocycles. The highest BCUT2D eigenvalue weighted by Gasteiger charge is 2.38. The number of carbonyl (C=O) groups is 1. The molecule has 1 fully saturated rings. The van der Waals surface area contributed by atoms with Crippen LogP contribution in [0.3, 0.4) is 0 Å². The van der Waals surface area contributed by atoms with Gasteiger partial charge in [0.15, 0.2) is 0 Å². The van der Waals surface area contributed by atoms with Crippen LogP contribution < -0.4 is 0 Å². The summed E-state index contributed by atoms with van der Waals surface area (Å²) in [6.07, 6.45) is 10.2. The first kappa shape index (κ1) is 10.4. The van der Waals surface area contributed by atoms with E-state index in [4.69, 9.17) is 9.47 Å². The highest BCUT2D eigenvalue weighted by molar-refractivity contribution is 5.82. The van der Waals surface area contributed by atoms with Gasteiger partial charge in [0.25, 0.3) is 0 Å². The van der Waals surface area contributed by atoms with Crippen molar-refractivity contribution < 1.29 is 14.3 Å². The van der Waals surface area contributed by atoms with Crippen molar-refractivity contribution in [3.63, 3.8) is 0 Å². The third-order valence-corrected chi connectivity index (χ3v) is 2.65. The molecular formula is C12H16O3. The van der Waals surface area contributed by atoms with Crippen molar-refractivity contribution in [3.8, 4) is 0 Å². The minimum atomic E-state index is -0.253. The van der Waals surface area contributed by atoms with Crippen molar-refractivity contribution >= 4 is 5.97 Å². The lowest BCUT2D eigenvalue weighted by Gasteiger charge is -2.15. The Morgan fingerprint density at radius 2 is 2.33 bits per heavy atom. The molecule has 3 unspecified atom stereocenters.